The highest BCUT2D eigenvalue weighted by atomic mass is 79.9. The first-order chi connectivity index (χ1) is 7.61. The third-order valence-electron chi connectivity index (χ3n) is 2.59. The predicted molar refractivity (Wildman–Crippen MR) is 70.2 cm³/mol. The largest absolute Gasteiger partial charge is 0.495 e. The topological polar surface area (TPSA) is 29.5 Å². The lowest BCUT2D eigenvalue weighted by Crippen LogP contribution is -2.20. The van der Waals surface area contributed by atoms with Crippen LogP contribution in [0.2, 0.25) is 0 Å². The number of nitrogens with zero attached hydrogens (tertiary/aromatic N) is 1. The quantitative estimate of drug-likeness (QED) is 0.822. The molecule has 1 heterocycles. The van der Waals surface area contributed by atoms with Gasteiger partial charge in [0.15, 0.2) is 5.78 Å². The summed E-state index contributed by atoms with van der Waals surface area (Å²) in [4.78, 5) is 13.3. The normalized spacial score (nSPS) is 15.7. The summed E-state index contributed by atoms with van der Waals surface area (Å²) in [5.74, 6) is 1.06. The van der Waals surface area contributed by atoms with E-state index in [1.807, 2.05) is 12.1 Å². The average Bonchev–Trinajstić information content (AvgIpc) is 2.65. The van der Waals surface area contributed by atoms with Gasteiger partial charge in [0.1, 0.15) is 5.75 Å². The van der Waals surface area contributed by atoms with Crippen molar-refractivity contribution in [1.82, 2.24) is 0 Å². The molecule has 1 aliphatic rings. The Morgan fingerprint density at radius 3 is 2.62 bits per heavy atom. The Morgan fingerprint density at radius 2 is 2.06 bits per heavy atom. The number of Topliss-reactive ketones (excluding diaryl/α,β-unsaturated/α-hetero) is 1. The summed E-state index contributed by atoms with van der Waals surface area (Å²) < 4.78 is 7.11. The molecule has 0 bridgehead atoms. The Bertz CT molecular complexity index is 434. The molecule has 0 aromatic heterocycles. The van der Waals surface area contributed by atoms with Crippen molar-refractivity contribution in [3.05, 3.63) is 21.1 Å². The molecule has 3 nitrogen and oxygen atoms in total. The monoisotopic (exact) mass is 347 g/mol. The van der Waals surface area contributed by atoms with Gasteiger partial charge < -0.3 is 9.64 Å². The summed E-state index contributed by atoms with van der Waals surface area (Å²) in [6, 6.07) is 3.88. The Kier molecular flexibility index (Phi) is 3.54. The zero-order valence-electron chi connectivity index (χ0n) is 8.80. The van der Waals surface area contributed by atoms with Crippen molar-refractivity contribution >= 4 is 43.3 Å². The third kappa shape index (κ3) is 2.25. The van der Waals surface area contributed by atoms with E-state index in [-0.39, 0.29) is 5.78 Å². The van der Waals surface area contributed by atoms with Crippen molar-refractivity contribution in [3.63, 3.8) is 0 Å². The van der Waals surface area contributed by atoms with Gasteiger partial charge >= 0.3 is 0 Å². The summed E-state index contributed by atoms with van der Waals surface area (Å²) in [5.41, 5.74) is 1.01. The molecule has 5 heteroatoms. The molecule has 0 saturated carbocycles. The van der Waals surface area contributed by atoms with Crippen LogP contribution in [0.1, 0.15) is 6.42 Å². The second-order valence-electron chi connectivity index (χ2n) is 3.65. The first kappa shape index (κ1) is 11.9. The lowest BCUT2D eigenvalue weighted by Gasteiger charge is -2.19. The van der Waals surface area contributed by atoms with Crippen LogP contribution in [0, 0.1) is 0 Å². The standard InChI is InChI=1S/C11H11Br2NO2/c1-16-11-5-10(8(12)4-9(11)13)14-3-2-7(15)6-14/h4-5H,2-3,6H2,1H3. The minimum Gasteiger partial charge on any atom is -0.495 e. The van der Waals surface area contributed by atoms with Gasteiger partial charge in [-0.1, -0.05) is 0 Å². The van der Waals surface area contributed by atoms with E-state index in [0.717, 1.165) is 26.9 Å². The highest BCUT2D eigenvalue weighted by Crippen LogP contribution is 2.37. The second kappa shape index (κ2) is 4.75. The highest BCUT2D eigenvalue weighted by molar-refractivity contribution is 9.11. The van der Waals surface area contributed by atoms with Crippen LogP contribution in [0.25, 0.3) is 0 Å². The number of carbonyl (C=O) groups is 1. The lowest BCUT2D eigenvalue weighted by atomic mass is 10.3. The Balaban J connectivity index is 2.36. The molecule has 0 N–H and O–H groups in total. The number of benzene rings is 1. The molecule has 1 saturated heterocycles. The van der Waals surface area contributed by atoms with Crippen molar-refractivity contribution < 1.29 is 9.53 Å². The fraction of sp³-hybridized carbons (Fsp3) is 0.364. The van der Waals surface area contributed by atoms with Gasteiger partial charge in [-0.05, 0) is 37.9 Å². The number of anilines is 1. The van der Waals surface area contributed by atoms with Crippen LogP contribution in [0.4, 0.5) is 5.69 Å². The minimum absolute atomic E-state index is 0.286. The summed E-state index contributed by atoms with van der Waals surface area (Å²) in [6.07, 6.45) is 0.630. The van der Waals surface area contributed by atoms with Crippen LogP contribution in [0.3, 0.4) is 0 Å². The number of hydrogen-bond acceptors (Lipinski definition) is 3. The maximum absolute atomic E-state index is 11.3. The van der Waals surface area contributed by atoms with Crippen molar-refractivity contribution in [1.29, 1.82) is 0 Å². The average molecular weight is 349 g/mol. The van der Waals surface area contributed by atoms with Gasteiger partial charge in [-0.3, -0.25) is 4.79 Å². The summed E-state index contributed by atoms with van der Waals surface area (Å²) in [6.45, 7) is 1.27. The lowest BCUT2D eigenvalue weighted by molar-refractivity contribution is -0.116. The fourth-order valence-corrected chi connectivity index (χ4v) is 3.16. The number of halogens is 2. The highest BCUT2D eigenvalue weighted by Gasteiger charge is 2.22. The van der Waals surface area contributed by atoms with E-state index in [4.69, 9.17) is 4.74 Å². The van der Waals surface area contributed by atoms with Crippen LogP contribution in [0.5, 0.6) is 5.75 Å². The van der Waals surface area contributed by atoms with Gasteiger partial charge in [0, 0.05) is 23.5 Å². The summed E-state index contributed by atoms with van der Waals surface area (Å²) in [7, 11) is 1.63. The molecule has 0 atom stereocenters. The summed E-state index contributed by atoms with van der Waals surface area (Å²) in [5, 5.41) is 0. The first-order valence-corrected chi connectivity index (χ1v) is 6.50. The van der Waals surface area contributed by atoms with E-state index in [9.17, 15) is 4.79 Å². The molecule has 0 aliphatic carbocycles. The molecular formula is C11H11Br2NO2. The van der Waals surface area contributed by atoms with Crippen molar-refractivity contribution in [2.75, 3.05) is 25.1 Å². The van der Waals surface area contributed by atoms with Gasteiger partial charge in [0.05, 0.1) is 23.8 Å². The number of carbonyl (C=O) groups excluding carboxylic acids is 1. The molecule has 1 aromatic rings. The van der Waals surface area contributed by atoms with Crippen LogP contribution >= 0.6 is 31.9 Å². The first-order valence-electron chi connectivity index (χ1n) is 4.91. The summed E-state index contributed by atoms with van der Waals surface area (Å²) >= 11 is 6.92. The van der Waals surface area contributed by atoms with E-state index in [1.165, 1.54) is 0 Å². The van der Waals surface area contributed by atoms with Gasteiger partial charge in [-0.2, -0.15) is 0 Å². The van der Waals surface area contributed by atoms with E-state index < -0.39 is 0 Å². The van der Waals surface area contributed by atoms with E-state index in [1.54, 1.807) is 7.11 Å². The molecular weight excluding hydrogens is 338 g/mol. The van der Waals surface area contributed by atoms with E-state index in [2.05, 4.69) is 36.8 Å². The van der Waals surface area contributed by atoms with Crippen molar-refractivity contribution in [2.24, 2.45) is 0 Å². The maximum Gasteiger partial charge on any atom is 0.153 e. The zero-order valence-corrected chi connectivity index (χ0v) is 12.0. The molecule has 1 fully saturated rings. The maximum atomic E-state index is 11.3. The SMILES string of the molecule is COc1cc(N2CCC(=O)C2)c(Br)cc1Br. The third-order valence-corrected chi connectivity index (χ3v) is 3.84. The van der Waals surface area contributed by atoms with Crippen LogP contribution in [-0.2, 0) is 4.79 Å². The number of rotatable bonds is 2. The van der Waals surface area contributed by atoms with Crippen LogP contribution in [-0.4, -0.2) is 26.0 Å². The van der Waals surface area contributed by atoms with E-state index in [0.29, 0.717) is 13.0 Å². The molecule has 0 radical (unpaired) electrons. The molecule has 1 aromatic carbocycles. The van der Waals surface area contributed by atoms with Crippen molar-refractivity contribution in [2.45, 2.75) is 6.42 Å². The van der Waals surface area contributed by atoms with Crippen LogP contribution in [0.15, 0.2) is 21.1 Å². The minimum atomic E-state index is 0.286. The molecule has 0 spiro atoms. The van der Waals surface area contributed by atoms with Gasteiger partial charge in [0.2, 0.25) is 0 Å². The second-order valence-corrected chi connectivity index (χ2v) is 5.36. The predicted octanol–water partition coefficient (Wildman–Crippen LogP) is 3.00. The number of ether oxygens (including phenoxy) is 1. The molecule has 0 unspecified atom stereocenters. The molecule has 1 aliphatic heterocycles. The van der Waals surface area contributed by atoms with Gasteiger partial charge in [0.25, 0.3) is 0 Å². The smallest absolute Gasteiger partial charge is 0.153 e. The molecule has 0 amide bonds. The van der Waals surface area contributed by atoms with Crippen LogP contribution < -0.4 is 9.64 Å². The van der Waals surface area contributed by atoms with Crippen molar-refractivity contribution in [3.8, 4) is 5.75 Å². The van der Waals surface area contributed by atoms with E-state index >= 15 is 0 Å². The Labute approximate surface area is 111 Å². The van der Waals surface area contributed by atoms with Gasteiger partial charge in [-0.15, -0.1) is 0 Å². The fourth-order valence-electron chi connectivity index (χ4n) is 1.75. The molecule has 86 valence electrons. The number of methoxy groups -OCH3 is 1. The zero-order chi connectivity index (χ0) is 11.7. The molecule has 16 heavy (non-hydrogen) atoms. The van der Waals surface area contributed by atoms with Gasteiger partial charge in [-0.25, -0.2) is 0 Å². The number of hydrogen-bond donors (Lipinski definition) is 0. The Morgan fingerprint density at radius 1 is 1.31 bits per heavy atom. The molecule has 2 rings (SSSR count). The Hall–Kier alpha value is -0.550. The number of ketones is 1.